The fourth-order valence-electron chi connectivity index (χ4n) is 3.51. The van der Waals surface area contributed by atoms with Crippen LogP contribution in [0.2, 0.25) is 0 Å². The Labute approximate surface area is 136 Å². The lowest BCUT2D eigenvalue weighted by atomic mass is 10.0. The van der Waals surface area contributed by atoms with Gasteiger partial charge in [-0.2, -0.15) is 0 Å². The number of ether oxygens (including phenoxy) is 1. The molecule has 2 rings (SSSR count). The third kappa shape index (κ3) is 4.49. The summed E-state index contributed by atoms with van der Waals surface area (Å²) in [5.74, 6) is 2.34. The van der Waals surface area contributed by atoms with E-state index in [0.29, 0.717) is 24.1 Å². The van der Waals surface area contributed by atoms with E-state index in [1.54, 1.807) is 0 Å². The SMILES string of the molecule is CC(C)C[C@H]1CC(Oc2ccc(C(C)C)cc2)CN1C(C)C. The molecule has 0 aromatic heterocycles. The van der Waals surface area contributed by atoms with Crippen molar-refractivity contribution in [2.45, 2.75) is 78.5 Å². The molecule has 1 heterocycles. The van der Waals surface area contributed by atoms with E-state index >= 15 is 0 Å². The van der Waals surface area contributed by atoms with Crippen LogP contribution in [0.4, 0.5) is 0 Å². The van der Waals surface area contributed by atoms with E-state index in [4.69, 9.17) is 4.74 Å². The number of rotatable bonds is 6. The van der Waals surface area contributed by atoms with Gasteiger partial charge in [0, 0.05) is 25.0 Å². The number of hydrogen-bond acceptors (Lipinski definition) is 2. The van der Waals surface area contributed by atoms with Gasteiger partial charge in [-0.25, -0.2) is 0 Å². The summed E-state index contributed by atoms with van der Waals surface area (Å²) in [6.07, 6.45) is 2.75. The first-order chi connectivity index (χ1) is 10.4. The summed E-state index contributed by atoms with van der Waals surface area (Å²) < 4.78 is 6.26. The van der Waals surface area contributed by atoms with Gasteiger partial charge >= 0.3 is 0 Å². The highest BCUT2D eigenvalue weighted by molar-refractivity contribution is 5.29. The molecule has 0 N–H and O–H groups in total. The molecule has 0 radical (unpaired) electrons. The molecule has 0 aliphatic carbocycles. The number of likely N-dealkylation sites (tertiary alicyclic amines) is 1. The summed E-state index contributed by atoms with van der Waals surface area (Å²) in [5, 5.41) is 0. The first kappa shape index (κ1) is 17.3. The third-order valence-corrected chi connectivity index (χ3v) is 4.67. The maximum Gasteiger partial charge on any atom is 0.119 e. The minimum atomic E-state index is 0.330. The summed E-state index contributed by atoms with van der Waals surface area (Å²) in [6.45, 7) is 14.7. The van der Waals surface area contributed by atoms with Gasteiger partial charge in [-0.05, 0) is 49.8 Å². The second-order valence-electron chi connectivity index (χ2n) is 7.77. The van der Waals surface area contributed by atoms with Gasteiger partial charge in [-0.15, -0.1) is 0 Å². The average molecular weight is 303 g/mol. The minimum absolute atomic E-state index is 0.330. The minimum Gasteiger partial charge on any atom is -0.489 e. The predicted molar refractivity (Wildman–Crippen MR) is 94.6 cm³/mol. The molecule has 1 aliphatic heterocycles. The Morgan fingerprint density at radius 1 is 1.05 bits per heavy atom. The lowest BCUT2D eigenvalue weighted by Crippen LogP contribution is -2.36. The maximum absolute atomic E-state index is 6.26. The Bertz CT molecular complexity index is 449. The van der Waals surface area contributed by atoms with Crippen molar-refractivity contribution in [3.05, 3.63) is 29.8 Å². The van der Waals surface area contributed by atoms with Crippen LogP contribution in [0, 0.1) is 5.92 Å². The fraction of sp³-hybridized carbons (Fsp3) is 0.700. The van der Waals surface area contributed by atoms with Crippen LogP contribution >= 0.6 is 0 Å². The van der Waals surface area contributed by atoms with E-state index in [0.717, 1.165) is 24.6 Å². The van der Waals surface area contributed by atoms with Gasteiger partial charge in [-0.1, -0.05) is 39.8 Å². The summed E-state index contributed by atoms with van der Waals surface area (Å²) in [6, 6.07) is 9.91. The first-order valence-electron chi connectivity index (χ1n) is 8.89. The van der Waals surface area contributed by atoms with Crippen molar-refractivity contribution in [2.24, 2.45) is 5.92 Å². The molecule has 2 atom stereocenters. The molecule has 1 aromatic rings. The van der Waals surface area contributed by atoms with Crippen molar-refractivity contribution >= 4 is 0 Å². The second-order valence-corrected chi connectivity index (χ2v) is 7.77. The van der Waals surface area contributed by atoms with E-state index < -0.39 is 0 Å². The molecule has 1 fully saturated rings. The lowest BCUT2D eigenvalue weighted by Gasteiger charge is -2.28. The first-order valence-corrected chi connectivity index (χ1v) is 8.89. The molecule has 1 unspecified atom stereocenters. The van der Waals surface area contributed by atoms with Crippen LogP contribution in [0.3, 0.4) is 0 Å². The quantitative estimate of drug-likeness (QED) is 0.726. The summed E-state index contributed by atoms with van der Waals surface area (Å²) in [7, 11) is 0. The Kier molecular flexibility index (Phi) is 5.91. The third-order valence-electron chi connectivity index (χ3n) is 4.67. The molecule has 0 amide bonds. The monoisotopic (exact) mass is 303 g/mol. The summed E-state index contributed by atoms with van der Waals surface area (Å²) >= 11 is 0. The molecule has 1 aromatic carbocycles. The van der Waals surface area contributed by atoms with Crippen molar-refractivity contribution in [2.75, 3.05) is 6.54 Å². The molecule has 124 valence electrons. The largest absolute Gasteiger partial charge is 0.489 e. The maximum atomic E-state index is 6.26. The van der Waals surface area contributed by atoms with Gasteiger partial charge in [0.05, 0.1) is 0 Å². The zero-order valence-electron chi connectivity index (χ0n) is 15.2. The molecular formula is C20H33NO. The van der Waals surface area contributed by atoms with Gasteiger partial charge in [0.25, 0.3) is 0 Å². The number of hydrogen-bond donors (Lipinski definition) is 0. The van der Waals surface area contributed by atoms with Crippen LogP contribution in [0.1, 0.15) is 65.9 Å². The number of benzene rings is 1. The van der Waals surface area contributed by atoms with Crippen LogP contribution in [0.25, 0.3) is 0 Å². The lowest BCUT2D eigenvalue weighted by molar-refractivity contribution is 0.165. The molecule has 22 heavy (non-hydrogen) atoms. The van der Waals surface area contributed by atoms with Crippen LogP contribution in [0.15, 0.2) is 24.3 Å². The Hall–Kier alpha value is -1.02. The van der Waals surface area contributed by atoms with Crippen LogP contribution < -0.4 is 4.74 Å². The van der Waals surface area contributed by atoms with Gasteiger partial charge in [0.1, 0.15) is 11.9 Å². The van der Waals surface area contributed by atoms with Crippen LogP contribution in [-0.4, -0.2) is 29.6 Å². The smallest absolute Gasteiger partial charge is 0.119 e. The number of nitrogens with zero attached hydrogens (tertiary/aromatic N) is 1. The standard InChI is InChI=1S/C20H33NO/c1-14(2)11-18-12-20(13-21(18)16(5)6)22-19-9-7-17(8-10-19)15(3)4/h7-10,14-16,18,20H,11-13H2,1-6H3/t18-,20?/m0/s1. The molecule has 1 saturated heterocycles. The van der Waals surface area contributed by atoms with E-state index in [9.17, 15) is 0 Å². The van der Waals surface area contributed by atoms with Crippen LogP contribution in [0.5, 0.6) is 5.75 Å². The van der Waals surface area contributed by atoms with Gasteiger partial charge in [-0.3, -0.25) is 4.90 Å². The molecule has 2 heteroatoms. The zero-order chi connectivity index (χ0) is 16.3. The summed E-state index contributed by atoms with van der Waals surface area (Å²) in [4.78, 5) is 2.62. The topological polar surface area (TPSA) is 12.5 Å². The normalized spacial score (nSPS) is 23.0. The van der Waals surface area contributed by atoms with Crippen molar-refractivity contribution in [3.63, 3.8) is 0 Å². The van der Waals surface area contributed by atoms with Crippen molar-refractivity contribution in [1.82, 2.24) is 4.90 Å². The Balaban J connectivity index is 1.98. The van der Waals surface area contributed by atoms with E-state index in [1.807, 2.05) is 0 Å². The molecule has 0 saturated carbocycles. The van der Waals surface area contributed by atoms with Crippen molar-refractivity contribution in [3.8, 4) is 5.75 Å². The Morgan fingerprint density at radius 3 is 2.18 bits per heavy atom. The average Bonchev–Trinajstić information content (AvgIpc) is 2.81. The van der Waals surface area contributed by atoms with Crippen LogP contribution in [-0.2, 0) is 0 Å². The highest BCUT2D eigenvalue weighted by atomic mass is 16.5. The summed E-state index contributed by atoms with van der Waals surface area (Å²) in [5.41, 5.74) is 1.38. The second kappa shape index (κ2) is 7.50. The molecular weight excluding hydrogens is 270 g/mol. The predicted octanol–water partition coefficient (Wildman–Crippen LogP) is 5.09. The highest BCUT2D eigenvalue weighted by Gasteiger charge is 2.34. The van der Waals surface area contributed by atoms with E-state index in [1.165, 1.54) is 12.0 Å². The zero-order valence-corrected chi connectivity index (χ0v) is 15.2. The molecule has 0 bridgehead atoms. The van der Waals surface area contributed by atoms with E-state index in [2.05, 4.69) is 70.7 Å². The highest BCUT2D eigenvalue weighted by Crippen LogP contribution is 2.29. The molecule has 0 spiro atoms. The molecule has 2 nitrogen and oxygen atoms in total. The molecule has 1 aliphatic rings. The van der Waals surface area contributed by atoms with Gasteiger partial charge < -0.3 is 4.74 Å². The van der Waals surface area contributed by atoms with Gasteiger partial charge in [0.2, 0.25) is 0 Å². The van der Waals surface area contributed by atoms with Gasteiger partial charge in [0.15, 0.2) is 0 Å². The Morgan fingerprint density at radius 2 is 1.68 bits per heavy atom. The van der Waals surface area contributed by atoms with Crippen molar-refractivity contribution < 1.29 is 4.74 Å². The van der Waals surface area contributed by atoms with Crippen molar-refractivity contribution in [1.29, 1.82) is 0 Å². The van der Waals surface area contributed by atoms with E-state index in [-0.39, 0.29) is 0 Å². The fourth-order valence-corrected chi connectivity index (χ4v) is 3.51.